The minimum Gasteiger partial charge on any atom is -0.362 e. The molecule has 4 nitrogen and oxygen atoms in total. The zero-order chi connectivity index (χ0) is 23.3. The van der Waals surface area contributed by atoms with Crippen LogP contribution in [0, 0.1) is 5.92 Å². The maximum Gasteiger partial charge on any atom is 0.262 e. The van der Waals surface area contributed by atoms with Crippen molar-refractivity contribution < 1.29 is 4.79 Å². The number of amides is 1. The Morgan fingerprint density at radius 1 is 0.971 bits per heavy atom. The average Bonchev–Trinajstić information content (AvgIpc) is 3.30. The van der Waals surface area contributed by atoms with Gasteiger partial charge in [0.2, 0.25) is 0 Å². The fourth-order valence-corrected chi connectivity index (χ4v) is 5.20. The lowest BCUT2D eigenvalue weighted by Crippen LogP contribution is -2.39. The topological polar surface area (TPSA) is 35.9 Å². The second-order valence-electron chi connectivity index (χ2n) is 9.01. The van der Waals surface area contributed by atoms with E-state index in [2.05, 4.69) is 78.6 Å². The van der Waals surface area contributed by atoms with Crippen molar-refractivity contribution in [2.75, 3.05) is 18.0 Å². The highest BCUT2D eigenvalue weighted by Gasteiger charge is 2.43. The molecule has 0 N–H and O–H groups in total. The number of benzene rings is 3. The van der Waals surface area contributed by atoms with Gasteiger partial charge < -0.3 is 4.90 Å². The van der Waals surface area contributed by atoms with Gasteiger partial charge in [-0.1, -0.05) is 78.9 Å². The number of carbonyl (C=O) groups is 1. The van der Waals surface area contributed by atoms with E-state index in [1.807, 2.05) is 30.3 Å². The third-order valence-electron chi connectivity index (χ3n) is 6.87. The van der Waals surface area contributed by atoms with Crippen molar-refractivity contribution in [1.29, 1.82) is 0 Å². The summed E-state index contributed by atoms with van der Waals surface area (Å²) in [5.74, 6) is 0.266. The molecular formula is C30H31N3O. The van der Waals surface area contributed by atoms with E-state index < -0.39 is 0 Å². The maximum absolute atomic E-state index is 13.7. The van der Waals surface area contributed by atoms with Gasteiger partial charge >= 0.3 is 0 Å². The van der Waals surface area contributed by atoms with Crippen LogP contribution >= 0.6 is 0 Å². The zero-order valence-electron chi connectivity index (χ0n) is 19.7. The molecule has 1 fully saturated rings. The summed E-state index contributed by atoms with van der Waals surface area (Å²) >= 11 is 0. The first-order valence-corrected chi connectivity index (χ1v) is 12.3. The number of likely N-dealkylation sites (N-methyl/N-ethyl adjacent to an activating group) is 1. The van der Waals surface area contributed by atoms with Crippen LogP contribution in [-0.4, -0.2) is 29.7 Å². The van der Waals surface area contributed by atoms with E-state index in [0.29, 0.717) is 6.54 Å². The lowest BCUT2D eigenvalue weighted by atomic mass is 9.77. The Kier molecular flexibility index (Phi) is 6.57. The number of hydrogen-bond acceptors (Lipinski definition) is 3. The van der Waals surface area contributed by atoms with Crippen molar-refractivity contribution in [3.8, 4) is 0 Å². The standard InChI is InChI=1S/C30H31N3O/c1-2-32(26-18-10-5-11-19-26)22-28(34)33-30(24-15-8-4-9-16-24)27-20-12-17-25(29(27)31-33)21-23-13-6-3-7-14-23/h3-11,13-16,18-19,21,27,30H,2,12,17,20,22H2,1H3/b25-21-/t27-,30-/m0/s1. The molecule has 1 saturated carbocycles. The summed E-state index contributed by atoms with van der Waals surface area (Å²) < 4.78 is 0. The molecule has 1 aliphatic carbocycles. The molecule has 4 heteroatoms. The summed E-state index contributed by atoms with van der Waals surface area (Å²) in [5, 5.41) is 6.81. The number of carbonyl (C=O) groups excluding carboxylic acids is 1. The van der Waals surface area contributed by atoms with Gasteiger partial charge in [-0.2, -0.15) is 5.10 Å². The van der Waals surface area contributed by atoms with E-state index in [9.17, 15) is 4.79 Å². The molecule has 1 heterocycles. The van der Waals surface area contributed by atoms with Gasteiger partial charge in [-0.15, -0.1) is 0 Å². The second-order valence-corrected chi connectivity index (χ2v) is 9.01. The van der Waals surface area contributed by atoms with Crippen molar-refractivity contribution in [2.45, 2.75) is 32.2 Å². The lowest BCUT2D eigenvalue weighted by molar-refractivity contribution is -0.132. The number of allylic oxidation sites excluding steroid dienone is 1. The van der Waals surface area contributed by atoms with E-state index in [0.717, 1.165) is 42.8 Å². The first-order chi connectivity index (χ1) is 16.7. The molecule has 2 atom stereocenters. The van der Waals surface area contributed by atoms with Crippen molar-refractivity contribution in [1.82, 2.24) is 5.01 Å². The van der Waals surface area contributed by atoms with E-state index in [1.165, 1.54) is 11.1 Å². The molecule has 172 valence electrons. The van der Waals surface area contributed by atoms with Crippen molar-refractivity contribution in [3.05, 3.63) is 108 Å². The van der Waals surface area contributed by atoms with Crippen LogP contribution in [0.1, 0.15) is 43.4 Å². The molecule has 3 aromatic rings. The fourth-order valence-electron chi connectivity index (χ4n) is 5.20. The van der Waals surface area contributed by atoms with Crippen LogP contribution in [-0.2, 0) is 4.79 Å². The van der Waals surface area contributed by atoms with Crippen molar-refractivity contribution in [2.24, 2.45) is 11.0 Å². The Labute approximate surface area is 202 Å². The number of nitrogens with zero attached hydrogens (tertiary/aromatic N) is 3. The quantitative estimate of drug-likeness (QED) is 0.440. The monoisotopic (exact) mass is 449 g/mol. The number of anilines is 1. The molecule has 0 spiro atoms. The van der Waals surface area contributed by atoms with Gasteiger partial charge in [-0.25, -0.2) is 5.01 Å². The van der Waals surface area contributed by atoms with E-state index in [1.54, 1.807) is 5.01 Å². The first-order valence-electron chi connectivity index (χ1n) is 12.3. The summed E-state index contributed by atoms with van der Waals surface area (Å²) in [6.45, 7) is 3.16. The van der Waals surface area contributed by atoms with Crippen molar-refractivity contribution >= 4 is 23.4 Å². The van der Waals surface area contributed by atoms with Gasteiger partial charge in [0.15, 0.2) is 0 Å². The van der Waals surface area contributed by atoms with E-state index in [4.69, 9.17) is 5.10 Å². The molecule has 5 rings (SSSR count). The normalized spacial score (nSPS) is 20.7. The van der Waals surface area contributed by atoms with Crippen LogP contribution < -0.4 is 4.90 Å². The minimum atomic E-state index is -0.0577. The van der Waals surface area contributed by atoms with Crippen LogP contribution in [0.5, 0.6) is 0 Å². The Hall–Kier alpha value is -3.66. The fraction of sp³-hybridized carbons (Fsp3) is 0.267. The van der Waals surface area contributed by atoms with Gasteiger partial charge in [-0.05, 0) is 61.1 Å². The smallest absolute Gasteiger partial charge is 0.262 e. The van der Waals surface area contributed by atoms with Crippen LogP contribution in [0.2, 0.25) is 0 Å². The summed E-state index contributed by atoms with van der Waals surface area (Å²) in [4.78, 5) is 15.9. The molecule has 0 bridgehead atoms. The van der Waals surface area contributed by atoms with Crippen LogP contribution in [0.4, 0.5) is 5.69 Å². The second kappa shape index (κ2) is 10.1. The number of rotatable bonds is 6. The van der Waals surface area contributed by atoms with Gasteiger partial charge in [0.05, 0.1) is 18.3 Å². The van der Waals surface area contributed by atoms with E-state index >= 15 is 0 Å². The summed E-state index contributed by atoms with van der Waals surface area (Å²) in [6.07, 6.45) is 5.41. The highest BCUT2D eigenvalue weighted by atomic mass is 16.2. The highest BCUT2D eigenvalue weighted by molar-refractivity contribution is 6.08. The van der Waals surface area contributed by atoms with Gasteiger partial charge in [0.25, 0.3) is 5.91 Å². The molecule has 1 amide bonds. The minimum absolute atomic E-state index is 0.0421. The first kappa shape index (κ1) is 22.1. The predicted octanol–water partition coefficient (Wildman–Crippen LogP) is 6.34. The Morgan fingerprint density at radius 3 is 2.29 bits per heavy atom. The predicted molar refractivity (Wildman–Crippen MR) is 140 cm³/mol. The summed E-state index contributed by atoms with van der Waals surface area (Å²) in [6, 6.07) is 30.9. The Balaban J connectivity index is 1.49. The highest BCUT2D eigenvalue weighted by Crippen LogP contribution is 2.44. The number of hydrogen-bond donors (Lipinski definition) is 0. The van der Waals surface area contributed by atoms with Crippen LogP contribution in [0.3, 0.4) is 0 Å². The van der Waals surface area contributed by atoms with E-state index in [-0.39, 0.29) is 17.9 Å². The van der Waals surface area contributed by atoms with Crippen LogP contribution in [0.25, 0.3) is 6.08 Å². The SMILES string of the molecule is CCN(CC(=O)N1N=C2/C(=C\c3ccccc3)CCC[C@@H]2[C@@H]1c1ccccc1)c1ccccc1. The molecule has 0 saturated heterocycles. The van der Waals surface area contributed by atoms with Gasteiger partial charge in [0, 0.05) is 18.2 Å². The molecule has 1 aliphatic heterocycles. The third-order valence-corrected chi connectivity index (χ3v) is 6.87. The molecule has 0 unspecified atom stereocenters. The number of fused-ring (bicyclic) bond motifs is 1. The summed E-state index contributed by atoms with van der Waals surface area (Å²) in [5.41, 5.74) is 5.74. The van der Waals surface area contributed by atoms with Crippen LogP contribution in [0.15, 0.2) is 102 Å². The third kappa shape index (κ3) is 4.54. The Bertz CT molecular complexity index is 1170. The molecular weight excluding hydrogens is 418 g/mol. The van der Waals surface area contributed by atoms with Gasteiger partial charge in [-0.3, -0.25) is 4.79 Å². The lowest BCUT2D eigenvalue weighted by Gasteiger charge is -2.31. The number of para-hydroxylation sites is 1. The molecule has 34 heavy (non-hydrogen) atoms. The molecule has 3 aromatic carbocycles. The molecule has 0 radical (unpaired) electrons. The average molecular weight is 450 g/mol. The molecule has 0 aromatic heterocycles. The largest absolute Gasteiger partial charge is 0.362 e. The Morgan fingerprint density at radius 2 is 1.62 bits per heavy atom. The summed E-state index contributed by atoms with van der Waals surface area (Å²) in [7, 11) is 0. The maximum atomic E-state index is 13.7. The van der Waals surface area contributed by atoms with Gasteiger partial charge in [0.1, 0.15) is 0 Å². The van der Waals surface area contributed by atoms with Crippen molar-refractivity contribution in [3.63, 3.8) is 0 Å². The number of hydrazone groups is 1. The molecule has 2 aliphatic rings. The zero-order valence-corrected chi connectivity index (χ0v) is 19.7.